The molecule has 0 unspecified atom stereocenters. The summed E-state index contributed by atoms with van der Waals surface area (Å²) in [6.07, 6.45) is 0.642. The topological polar surface area (TPSA) is 101 Å². The van der Waals surface area contributed by atoms with E-state index in [1.807, 2.05) is 37.3 Å². The number of sulfonamides is 1. The Morgan fingerprint density at radius 3 is 2.46 bits per heavy atom. The molecule has 3 rings (SSSR count). The highest BCUT2D eigenvalue weighted by molar-refractivity contribution is 7.89. The van der Waals surface area contributed by atoms with Crippen molar-refractivity contribution in [3.8, 4) is 0 Å². The first-order valence-corrected chi connectivity index (χ1v) is 10.9. The Bertz CT molecular complexity index is 1030. The van der Waals surface area contributed by atoms with Crippen LogP contribution < -0.4 is 10.0 Å². The molecule has 1 heterocycles. The van der Waals surface area contributed by atoms with Gasteiger partial charge in [0.1, 0.15) is 5.01 Å². The highest BCUT2D eigenvalue weighted by Crippen LogP contribution is 2.18. The van der Waals surface area contributed by atoms with Gasteiger partial charge in [-0.1, -0.05) is 59.4 Å². The molecule has 0 bridgehead atoms. The fourth-order valence-corrected chi connectivity index (χ4v) is 4.25. The van der Waals surface area contributed by atoms with E-state index in [0.29, 0.717) is 11.6 Å². The summed E-state index contributed by atoms with van der Waals surface area (Å²) in [4.78, 5) is 12.2. The van der Waals surface area contributed by atoms with Crippen LogP contribution in [0.3, 0.4) is 0 Å². The van der Waals surface area contributed by atoms with Crippen molar-refractivity contribution in [2.24, 2.45) is 0 Å². The normalized spacial score (nSPS) is 11.3. The zero-order valence-corrected chi connectivity index (χ0v) is 16.9. The molecule has 2 aromatic carbocycles. The average molecular weight is 417 g/mol. The van der Waals surface area contributed by atoms with Crippen LogP contribution in [0.5, 0.6) is 0 Å². The molecule has 0 atom stereocenters. The number of benzene rings is 2. The van der Waals surface area contributed by atoms with E-state index in [9.17, 15) is 13.2 Å². The van der Waals surface area contributed by atoms with Gasteiger partial charge in [-0.2, -0.15) is 0 Å². The van der Waals surface area contributed by atoms with Gasteiger partial charge >= 0.3 is 0 Å². The molecule has 2 N–H and O–H groups in total. The van der Waals surface area contributed by atoms with Gasteiger partial charge in [0, 0.05) is 19.4 Å². The lowest BCUT2D eigenvalue weighted by Crippen LogP contribution is -2.27. The molecule has 0 aliphatic heterocycles. The molecule has 0 spiro atoms. The first-order valence-electron chi connectivity index (χ1n) is 8.65. The first-order chi connectivity index (χ1) is 13.4. The fourth-order valence-electron chi connectivity index (χ4n) is 2.43. The largest absolute Gasteiger partial charge is 0.300 e. The molecule has 1 aromatic heterocycles. The monoisotopic (exact) mass is 416 g/mol. The van der Waals surface area contributed by atoms with Crippen LogP contribution in [0, 0.1) is 6.92 Å². The van der Waals surface area contributed by atoms with Crippen molar-refractivity contribution in [3.05, 3.63) is 70.7 Å². The third kappa shape index (κ3) is 5.69. The van der Waals surface area contributed by atoms with Crippen molar-refractivity contribution < 1.29 is 13.2 Å². The van der Waals surface area contributed by atoms with Crippen LogP contribution in [0.1, 0.15) is 22.6 Å². The average Bonchev–Trinajstić information content (AvgIpc) is 3.09. The maximum absolute atomic E-state index is 12.2. The molecule has 0 radical (unpaired) electrons. The minimum absolute atomic E-state index is 0.00130. The molecular weight excluding hydrogens is 396 g/mol. The Kier molecular flexibility index (Phi) is 6.50. The van der Waals surface area contributed by atoms with Crippen molar-refractivity contribution in [1.29, 1.82) is 0 Å². The molecule has 0 fully saturated rings. The highest BCUT2D eigenvalue weighted by atomic mass is 32.2. The van der Waals surface area contributed by atoms with Crippen LogP contribution in [-0.4, -0.2) is 31.1 Å². The quantitative estimate of drug-likeness (QED) is 0.588. The van der Waals surface area contributed by atoms with Gasteiger partial charge in [-0.3, -0.25) is 4.79 Å². The second-order valence-corrected chi connectivity index (χ2v) is 9.00. The smallest absolute Gasteiger partial charge is 0.240 e. The molecule has 146 valence electrons. The number of nitrogens with one attached hydrogen (secondary N) is 2. The van der Waals surface area contributed by atoms with Crippen molar-refractivity contribution in [1.82, 2.24) is 14.9 Å². The molecule has 7 nitrogen and oxygen atoms in total. The number of carbonyl (C=O) groups is 1. The van der Waals surface area contributed by atoms with Crippen LogP contribution in [0.15, 0.2) is 59.5 Å². The lowest BCUT2D eigenvalue weighted by Gasteiger charge is -2.06. The van der Waals surface area contributed by atoms with Gasteiger partial charge in [0.15, 0.2) is 0 Å². The third-order valence-electron chi connectivity index (χ3n) is 3.89. The van der Waals surface area contributed by atoms with Gasteiger partial charge < -0.3 is 5.32 Å². The number of anilines is 1. The van der Waals surface area contributed by atoms with Crippen LogP contribution >= 0.6 is 11.3 Å². The van der Waals surface area contributed by atoms with Gasteiger partial charge in [0.25, 0.3) is 0 Å². The van der Waals surface area contributed by atoms with Gasteiger partial charge in [0.2, 0.25) is 21.1 Å². The minimum Gasteiger partial charge on any atom is -0.300 e. The Labute approximate surface area is 167 Å². The van der Waals surface area contributed by atoms with Crippen molar-refractivity contribution >= 4 is 32.4 Å². The first kappa shape index (κ1) is 20.1. The SMILES string of the molecule is Cc1ccc(S(=O)(=O)NCCC(=O)Nc2nnc(Cc3ccccc3)s2)cc1. The van der Waals surface area contributed by atoms with Gasteiger partial charge in [-0.25, -0.2) is 13.1 Å². The molecule has 0 aliphatic carbocycles. The summed E-state index contributed by atoms with van der Waals surface area (Å²) >= 11 is 1.30. The van der Waals surface area contributed by atoms with Crippen LogP contribution in [0.4, 0.5) is 5.13 Å². The number of carbonyl (C=O) groups excluding carboxylic acids is 1. The van der Waals surface area contributed by atoms with E-state index in [4.69, 9.17) is 0 Å². The van der Waals surface area contributed by atoms with Gasteiger partial charge in [-0.15, -0.1) is 10.2 Å². The maximum Gasteiger partial charge on any atom is 0.240 e. The van der Waals surface area contributed by atoms with Gasteiger partial charge in [0.05, 0.1) is 4.90 Å². The number of hydrogen-bond donors (Lipinski definition) is 2. The summed E-state index contributed by atoms with van der Waals surface area (Å²) in [5.74, 6) is -0.325. The summed E-state index contributed by atoms with van der Waals surface area (Å²) in [7, 11) is -3.63. The van der Waals surface area contributed by atoms with E-state index in [0.717, 1.165) is 16.1 Å². The molecule has 9 heteroatoms. The molecule has 1 amide bonds. The van der Waals surface area contributed by atoms with Crippen molar-refractivity contribution in [2.75, 3.05) is 11.9 Å². The van der Waals surface area contributed by atoms with E-state index in [-0.39, 0.29) is 23.8 Å². The number of aryl methyl sites for hydroxylation is 1. The van der Waals surface area contributed by atoms with Gasteiger partial charge in [-0.05, 0) is 24.6 Å². The lowest BCUT2D eigenvalue weighted by molar-refractivity contribution is -0.116. The lowest BCUT2D eigenvalue weighted by atomic mass is 10.2. The Balaban J connectivity index is 1.47. The van der Waals surface area contributed by atoms with E-state index in [1.165, 1.54) is 23.5 Å². The summed E-state index contributed by atoms with van der Waals surface area (Å²) in [6, 6.07) is 16.4. The van der Waals surface area contributed by atoms with E-state index < -0.39 is 10.0 Å². The molecule has 3 aromatic rings. The summed E-state index contributed by atoms with van der Waals surface area (Å²) in [5, 5.41) is 11.9. The highest BCUT2D eigenvalue weighted by Gasteiger charge is 2.14. The predicted octanol–water partition coefficient (Wildman–Crippen LogP) is 2.74. The second-order valence-electron chi connectivity index (χ2n) is 6.17. The van der Waals surface area contributed by atoms with Crippen molar-refractivity contribution in [3.63, 3.8) is 0 Å². The number of amides is 1. The molecule has 0 aliphatic rings. The van der Waals surface area contributed by atoms with E-state index in [2.05, 4.69) is 20.2 Å². The fraction of sp³-hybridized carbons (Fsp3) is 0.211. The zero-order chi connectivity index (χ0) is 20.0. The standard InChI is InChI=1S/C19H20N4O3S2/c1-14-7-9-16(10-8-14)28(25,26)20-12-11-17(24)21-19-23-22-18(27-19)13-15-5-3-2-4-6-15/h2-10,20H,11-13H2,1H3,(H,21,23,24). The molecular formula is C19H20N4O3S2. The summed E-state index contributed by atoms with van der Waals surface area (Å²) in [6.45, 7) is 1.88. The van der Waals surface area contributed by atoms with Crippen molar-refractivity contribution in [2.45, 2.75) is 24.7 Å². The molecule has 0 saturated heterocycles. The number of hydrogen-bond acceptors (Lipinski definition) is 6. The molecule has 28 heavy (non-hydrogen) atoms. The van der Waals surface area contributed by atoms with Crippen LogP contribution in [-0.2, 0) is 21.2 Å². The number of aromatic nitrogens is 2. The van der Waals surface area contributed by atoms with E-state index >= 15 is 0 Å². The third-order valence-corrected chi connectivity index (χ3v) is 6.20. The van der Waals surface area contributed by atoms with Crippen LogP contribution in [0.25, 0.3) is 0 Å². The number of rotatable bonds is 8. The Morgan fingerprint density at radius 1 is 1.04 bits per heavy atom. The minimum atomic E-state index is -3.63. The van der Waals surface area contributed by atoms with Crippen LogP contribution in [0.2, 0.25) is 0 Å². The predicted molar refractivity (Wildman–Crippen MR) is 109 cm³/mol. The number of nitrogens with zero attached hydrogens (tertiary/aromatic N) is 2. The zero-order valence-electron chi connectivity index (χ0n) is 15.3. The summed E-state index contributed by atoms with van der Waals surface area (Å²) in [5.41, 5.74) is 2.09. The Hall–Kier alpha value is -2.62. The second kappa shape index (κ2) is 9.05. The summed E-state index contributed by atoms with van der Waals surface area (Å²) < 4.78 is 26.8. The van der Waals surface area contributed by atoms with E-state index in [1.54, 1.807) is 12.1 Å². The Morgan fingerprint density at radius 2 is 1.75 bits per heavy atom. The molecule has 0 saturated carbocycles. The maximum atomic E-state index is 12.2.